The Balaban J connectivity index is 1.70. The van der Waals surface area contributed by atoms with E-state index in [4.69, 9.17) is 8.94 Å². The number of carbonyl (C=O) groups is 1. The Kier molecular flexibility index (Phi) is 5.63. The lowest BCUT2D eigenvalue weighted by molar-refractivity contribution is -0.127. The third kappa shape index (κ3) is 3.98. The third-order valence-corrected chi connectivity index (χ3v) is 5.92. The minimum atomic E-state index is -0.674. The van der Waals surface area contributed by atoms with Gasteiger partial charge in [-0.2, -0.15) is 0 Å². The van der Waals surface area contributed by atoms with Gasteiger partial charge < -0.3 is 14.3 Å². The summed E-state index contributed by atoms with van der Waals surface area (Å²) >= 11 is 0. The molecule has 1 fully saturated rings. The Hall–Kier alpha value is -2.19. The van der Waals surface area contributed by atoms with Crippen molar-refractivity contribution in [3.8, 4) is 0 Å². The predicted octanol–water partition coefficient (Wildman–Crippen LogP) is 2.70. The van der Waals surface area contributed by atoms with Crippen LogP contribution in [0.5, 0.6) is 0 Å². The van der Waals surface area contributed by atoms with Crippen molar-refractivity contribution in [3.05, 3.63) is 29.6 Å². The molecule has 1 aliphatic heterocycles. The van der Waals surface area contributed by atoms with Crippen LogP contribution in [0.15, 0.2) is 21.2 Å². The number of amides is 1. The highest BCUT2D eigenvalue weighted by atomic mass is 16.5. The van der Waals surface area contributed by atoms with Crippen LogP contribution in [0, 0.1) is 6.92 Å². The summed E-state index contributed by atoms with van der Waals surface area (Å²) < 4.78 is 11.1. The van der Waals surface area contributed by atoms with E-state index >= 15 is 0 Å². The minimum absolute atomic E-state index is 0.121. The molecule has 8 heteroatoms. The molecule has 0 radical (unpaired) electrons. The fourth-order valence-corrected chi connectivity index (χ4v) is 3.48. The number of carbonyl (C=O) groups excluding carboxylic acids is 1. The van der Waals surface area contributed by atoms with Gasteiger partial charge in [-0.05, 0) is 60.7 Å². The second-order valence-electron chi connectivity index (χ2n) is 8.55. The Morgan fingerprint density at radius 3 is 2.57 bits per heavy atom. The number of nitrogens with one attached hydrogen (secondary N) is 2. The van der Waals surface area contributed by atoms with Crippen LogP contribution >= 0.6 is 0 Å². The number of hydrogen-bond donors (Lipinski definition) is 2. The number of nitrogens with zero attached hydrogens (tertiary/aromatic N) is 3. The molecule has 2 aromatic rings. The molecule has 0 aromatic carbocycles. The van der Waals surface area contributed by atoms with E-state index in [1.807, 2.05) is 34.7 Å². The van der Waals surface area contributed by atoms with Gasteiger partial charge >= 0.3 is 0 Å². The van der Waals surface area contributed by atoms with Crippen molar-refractivity contribution < 1.29 is 13.7 Å². The van der Waals surface area contributed by atoms with Gasteiger partial charge in [-0.1, -0.05) is 5.16 Å². The van der Waals surface area contributed by atoms with Crippen molar-refractivity contribution in [2.24, 2.45) is 0 Å². The van der Waals surface area contributed by atoms with E-state index in [-0.39, 0.29) is 5.91 Å². The normalized spacial score (nSPS) is 16.5. The maximum atomic E-state index is 13.0. The molecular weight excluding hydrogens is 358 g/mol. The van der Waals surface area contributed by atoms with Gasteiger partial charge in [-0.15, -0.1) is 0 Å². The van der Waals surface area contributed by atoms with Crippen molar-refractivity contribution in [2.45, 2.75) is 64.5 Å². The monoisotopic (exact) mass is 389 g/mol. The molecule has 0 aliphatic carbocycles. The number of piperidine rings is 1. The maximum Gasteiger partial charge on any atom is 0.246 e. The van der Waals surface area contributed by atoms with Crippen molar-refractivity contribution in [2.75, 3.05) is 25.5 Å². The molecule has 3 rings (SSSR count). The Morgan fingerprint density at radius 2 is 1.96 bits per heavy atom. The number of aryl methyl sites for hydroxylation is 1. The largest absolute Gasteiger partial charge is 0.445 e. The van der Waals surface area contributed by atoms with E-state index < -0.39 is 11.0 Å². The summed E-state index contributed by atoms with van der Waals surface area (Å²) in [5.74, 6) is 1.51. The van der Waals surface area contributed by atoms with E-state index in [2.05, 4.69) is 25.7 Å². The number of anilines is 1. The summed E-state index contributed by atoms with van der Waals surface area (Å²) in [6.45, 7) is 11.6. The maximum absolute atomic E-state index is 13.0. The SMILES string of the molecule is Cc1ncc(C(C)(C)c2cc(NC(=O)C(C)(C)N(C)C3CCNCC3)on2)o1. The highest BCUT2D eigenvalue weighted by Crippen LogP contribution is 2.32. The topological polar surface area (TPSA) is 96.4 Å². The molecule has 154 valence electrons. The minimum Gasteiger partial charge on any atom is -0.445 e. The molecule has 0 atom stereocenters. The van der Waals surface area contributed by atoms with Gasteiger partial charge in [-0.3, -0.25) is 15.0 Å². The van der Waals surface area contributed by atoms with Crippen LogP contribution < -0.4 is 10.6 Å². The average Bonchev–Trinajstić information content (AvgIpc) is 3.31. The molecule has 28 heavy (non-hydrogen) atoms. The summed E-state index contributed by atoms with van der Waals surface area (Å²) in [7, 11) is 2.01. The zero-order valence-electron chi connectivity index (χ0n) is 17.6. The molecule has 0 saturated carbocycles. The first-order valence-corrected chi connectivity index (χ1v) is 9.77. The molecule has 3 heterocycles. The molecule has 1 aliphatic rings. The summed E-state index contributed by atoms with van der Waals surface area (Å²) in [5, 5.41) is 10.4. The van der Waals surface area contributed by atoms with Crippen LogP contribution in [-0.2, 0) is 10.2 Å². The lowest BCUT2D eigenvalue weighted by Crippen LogP contribution is -2.56. The molecule has 0 spiro atoms. The van der Waals surface area contributed by atoms with Gasteiger partial charge in [-0.25, -0.2) is 4.98 Å². The lowest BCUT2D eigenvalue weighted by atomic mass is 9.87. The smallest absolute Gasteiger partial charge is 0.246 e. The lowest BCUT2D eigenvalue weighted by Gasteiger charge is -2.41. The van der Waals surface area contributed by atoms with Crippen LogP contribution in [-0.4, -0.2) is 52.7 Å². The molecule has 0 bridgehead atoms. The zero-order chi connectivity index (χ0) is 20.5. The number of rotatable bonds is 6. The summed E-state index contributed by atoms with van der Waals surface area (Å²) in [4.78, 5) is 19.3. The fraction of sp³-hybridized carbons (Fsp3) is 0.650. The highest BCUT2D eigenvalue weighted by molar-refractivity contribution is 5.96. The van der Waals surface area contributed by atoms with E-state index in [0.717, 1.165) is 25.9 Å². The molecule has 8 nitrogen and oxygen atoms in total. The summed E-state index contributed by atoms with van der Waals surface area (Å²) in [6, 6.07) is 2.12. The van der Waals surface area contributed by atoms with Crippen molar-refractivity contribution in [1.29, 1.82) is 0 Å². The first-order valence-electron chi connectivity index (χ1n) is 9.77. The fourth-order valence-electron chi connectivity index (χ4n) is 3.48. The second-order valence-corrected chi connectivity index (χ2v) is 8.55. The summed E-state index contributed by atoms with van der Waals surface area (Å²) in [6.07, 6.45) is 3.76. The van der Waals surface area contributed by atoms with Crippen LogP contribution in [0.3, 0.4) is 0 Å². The number of aromatic nitrogens is 2. The van der Waals surface area contributed by atoms with Gasteiger partial charge in [0.15, 0.2) is 5.89 Å². The highest BCUT2D eigenvalue weighted by Gasteiger charge is 2.38. The molecule has 2 aromatic heterocycles. The molecular formula is C20H31N5O3. The predicted molar refractivity (Wildman–Crippen MR) is 106 cm³/mol. The van der Waals surface area contributed by atoms with Crippen molar-refractivity contribution >= 4 is 11.8 Å². The number of likely N-dealkylation sites (N-methyl/N-ethyl adjacent to an activating group) is 1. The number of hydrogen-bond acceptors (Lipinski definition) is 7. The van der Waals surface area contributed by atoms with Crippen LogP contribution in [0.4, 0.5) is 5.88 Å². The quantitative estimate of drug-likeness (QED) is 0.784. The van der Waals surface area contributed by atoms with Gasteiger partial charge in [0.05, 0.1) is 22.8 Å². The van der Waals surface area contributed by atoms with E-state index in [1.54, 1.807) is 19.2 Å². The van der Waals surface area contributed by atoms with Gasteiger partial charge in [0, 0.05) is 19.0 Å². The van der Waals surface area contributed by atoms with Gasteiger partial charge in [0.2, 0.25) is 11.8 Å². The molecule has 1 saturated heterocycles. The Bertz CT molecular complexity index is 817. The Morgan fingerprint density at radius 1 is 1.29 bits per heavy atom. The number of oxazole rings is 1. The molecule has 2 N–H and O–H groups in total. The third-order valence-electron chi connectivity index (χ3n) is 5.92. The zero-order valence-corrected chi connectivity index (χ0v) is 17.6. The second kappa shape index (κ2) is 7.67. The molecule has 0 unspecified atom stereocenters. The van der Waals surface area contributed by atoms with Crippen molar-refractivity contribution in [1.82, 2.24) is 20.4 Å². The Labute approximate surface area is 166 Å². The van der Waals surface area contributed by atoms with Crippen molar-refractivity contribution in [3.63, 3.8) is 0 Å². The molecule has 1 amide bonds. The van der Waals surface area contributed by atoms with Crippen LogP contribution in [0.1, 0.15) is 57.9 Å². The summed E-state index contributed by atoms with van der Waals surface area (Å²) in [5.41, 5.74) is -0.523. The van der Waals surface area contributed by atoms with E-state index in [0.29, 0.717) is 29.3 Å². The first kappa shape index (κ1) is 20.5. The van der Waals surface area contributed by atoms with E-state index in [1.165, 1.54) is 0 Å². The standard InChI is InChI=1S/C20H31N5O3/c1-13-22-12-16(27-13)19(2,3)15-11-17(28-24-15)23-18(26)20(4,5)25(6)14-7-9-21-10-8-14/h11-12,14,21H,7-10H2,1-6H3,(H,23,26). The first-order chi connectivity index (χ1) is 13.1. The average molecular weight is 390 g/mol. The van der Waals surface area contributed by atoms with E-state index in [9.17, 15) is 4.79 Å². The van der Waals surface area contributed by atoms with Gasteiger partial charge in [0.25, 0.3) is 0 Å². The van der Waals surface area contributed by atoms with Crippen LogP contribution in [0.25, 0.3) is 0 Å². The van der Waals surface area contributed by atoms with Crippen LogP contribution in [0.2, 0.25) is 0 Å². The van der Waals surface area contributed by atoms with Gasteiger partial charge in [0.1, 0.15) is 5.76 Å².